The average Bonchev–Trinajstić information content (AvgIpc) is 3.26. The normalized spacial score (nSPS) is 13.6. The summed E-state index contributed by atoms with van der Waals surface area (Å²) in [5.41, 5.74) is 3.56. The molecule has 0 spiro atoms. The van der Waals surface area contributed by atoms with E-state index in [2.05, 4.69) is 24.1 Å². The van der Waals surface area contributed by atoms with Crippen LogP contribution in [0.4, 0.5) is 5.69 Å². The number of benzene rings is 2. The third-order valence-corrected chi connectivity index (χ3v) is 8.69. The van der Waals surface area contributed by atoms with Crippen molar-refractivity contribution >= 4 is 44.9 Å². The molecule has 4 aromatic rings. The van der Waals surface area contributed by atoms with Crippen molar-refractivity contribution in [2.45, 2.75) is 51.9 Å². The topological polar surface area (TPSA) is 76.5 Å². The van der Waals surface area contributed by atoms with Gasteiger partial charge in [-0.05, 0) is 81.6 Å². The lowest BCUT2D eigenvalue weighted by Gasteiger charge is -2.30. The molecule has 2 aromatic carbocycles. The number of thioether (sulfide) groups is 1. The molecule has 5 rings (SSSR count). The van der Waals surface area contributed by atoms with Gasteiger partial charge in [-0.2, -0.15) is 0 Å². The van der Waals surface area contributed by atoms with Crippen molar-refractivity contribution < 1.29 is 9.53 Å². The Kier molecular flexibility index (Phi) is 7.88. The minimum atomic E-state index is -0.147. The maximum absolute atomic E-state index is 14.1. The second-order valence-electron chi connectivity index (χ2n) is 9.67. The molecule has 1 N–H and O–H groups in total. The largest absolute Gasteiger partial charge is 0.494 e. The smallest absolute Gasteiger partial charge is 0.267 e. The van der Waals surface area contributed by atoms with Crippen LogP contribution in [0.5, 0.6) is 5.75 Å². The lowest BCUT2D eigenvalue weighted by atomic mass is 10.0. The second-order valence-corrected chi connectivity index (χ2v) is 11.7. The molecule has 1 amide bonds. The Morgan fingerprint density at radius 3 is 2.71 bits per heavy atom. The van der Waals surface area contributed by atoms with Crippen molar-refractivity contribution in [3.05, 3.63) is 74.9 Å². The van der Waals surface area contributed by atoms with E-state index in [-0.39, 0.29) is 17.2 Å². The number of ether oxygens (including phenoxy) is 1. The van der Waals surface area contributed by atoms with Gasteiger partial charge in [0.05, 0.1) is 23.4 Å². The van der Waals surface area contributed by atoms with Crippen LogP contribution in [-0.4, -0.2) is 45.3 Å². The number of aryl methyl sites for hydroxylation is 1. The minimum absolute atomic E-state index is 0.0868. The maximum Gasteiger partial charge on any atom is 0.267 e. The number of nitrogens with one attached hydrogen (secondary N) is 1. The Hall–Kier alpha value is -3.14. The molecule has 1 aliphatic heterocycles. The molecule has 0 atom stereocenters. The van der Waals surface area contributed by atoms with E-state index in [1.807, 2.05) is 62.4 Å². The van der Waals surface area contributed by atoms with Gasteiger partial charge in [0.25, 0.3) is 5.56 Å². The standard InChI is InChI=1S/C29H32N4O3S2/c1-5-36-22-11-9-21(10-12-22)33-28(35)26-23-13-14-32(18(2)3)16-24(23)38-27(26)31-29(33)37-17-25(34)30-20-8-6-7-19(4)15-20/h6-12,15,18H,5,13-14,16-17H2,1-4H3,(H,30,34). The summed E-state index contributed by atoms with van der Waals surface area (Å²) in [5, 5.41) is 4.16. The molecule has 0 unspecified atom stereocenters. The van der Waals surface area contributed by atoms with Crippen molar-refractivity contribution in [2.75, 3.05) is 24.2 Å². The summed E-state index contributed by atoms with van der Waals surface area (Å²) in [6.07, 6.45) is 0.832. The summed E-state index contributed by atoms with van der Waals surface area (Å²) in [6.45, 7) is 10.6. The Morgan fingerprint density at radius 2 is 2.00 bits per heavy atom. The minimum Gasteiger partial charge on any atom is -0.494 e. The first-order chi connectivity index (χ1) is 18.3. The van der Waals surface area contributed by atoms with Crippen LogP contribution in [0.2, 0.25) is 0 Å². The fourth-order valence-electron chi connectivity index (χ4n) is 4.72. The molecule has 0 fully saturated rings. The zero-order valence-electron chi connectivity index (χ0n) is 22.1. The predicted octanol–water partition coefficient (Wildman–Crippen LogP) is 5.65. The Labute approximate surface area is 230 Å². The van der Waals surface area contributed by atoms with Gasteiger partial charge in [-0.1, -0.05) is 23.9 Å². The molecule has 0 saturated carbocycles. The first kappa shape index (κ1) is 26.5. The molecule has 38 heavy (non-hydrogen) atoms. The summed E-state index contributed by atoms with van der Waals surface area (Å²) in [5.74, 6) is 0.729. The predicted molar refractivity (Wildman–Crippen MR) is 156 cm³/mol. The van der Waals surface area contributed by atoms with Crippen molar-refractivity contribution in [3.63, 3.8) is 0 Å². The molecule has 0 radical (unpaired) electrons. The van der Waals surface area contributed by atoms with Crippen LogP contribution >= 0.6 is 23.1 Å². The number of hydrogen-bond donors (Lipinski definition) is 1. The summed E-state index contributed by atoms with van der Waals surface area (Å²) in [6, 6.07) is 15.6. The Balaban J connectivity index is 1.52. The lowest BCUT2D eigenvalue weighted by molar-refractivity contribution is -0.113. The molecule has 2 aromatic heterocycles. The van der Waals surface area contributed by atoms with Crippen molar-refractivity contribution in [1.82, 2.24) is 14.5 Å². The summed E-state index contributed by atoms with van der Waals surface area (Å²) in [4.78, 5) is 36.2. The highest BCUT2D eigenvalue weighted by molar-refractivity contribution is 7.99. The van der Waals surface area contributed by atoms with Crippen LogP contribution in [0.25, 0.3) is 15.9 Å². The highest BCUT2D eigenvalue weighted by atomic mass is 32.2. The van der Waals surface area contributed by atoms with Crippen LogP contribution in [-0.2, 0) is 17.8 Å². The maximum atomic E-state index is 14.1. The van der Waals surface area contributed by atoms with Crippen LogP contribution < -0.4 is 15.6 Å². The first-order valence-corrected chi connectivity index (χ1v) is 14.7. The van der Waals surface area contributed by atoms with E-state index < -0.39 is 0 Å². The van der Waals surface area contributed by atoms with Crippen molar-refractivity contribution in [1.29, 1.82) is 0 Å². The van der Waals surface area contributed by atoms with E-state index >= 15 is 0 Å². The van der Waals surface area contributed by atoms with Crippen molar-refractivity contribution in [2.24, 2.45) is 0 Å². The number of rotatable bonds is 8. The van der Waals surface area contributed by atoms with Gasteiger partial charge in [-0.25, -0.2) is 4.98 Å². The van der Waals surface area contributed by atoms with Gasteiger partial charge >= 0.3 is 0 Å². The van der Waals surface area contributed by atoms with Gasteiger partial charge in [-0.3, -0.25) is 19.1 Å². The molecular formula is C29H32N4O3S2. The van der Waals surface area contributed by atoms with E-state index in [0.717, 1.165) is 46.9 Å². The molecule has 1 aliphatic rings. The number of thiophene rings is 1. The van der Waals surface area contributed by atoms with Crippen molar-refractivity contribution in [3.8, 4) is 11.4 Å². The van der Waals surface area contributed by atoms with E-state index in [1.165, 1.54) is 16.6 Å². The molecule has 7 nitrogen and oxygen atoms in total. The van der Waals surface area contributed by atoms with Crippen LogP contribution in [0.1, 0.15) is 36.8 Å². The number of aromatic nitrogens is 2. The van der Waals surface area contributed by atoms with E-state index in [1.54, 1.807) is 15.9 Å². The monoisotopic (exact) mass is 548 g/mol. The third kappa shape index (κ3) is 5.50. The molecule has 0 aliphatic carbocycles. The van der Waals surface area contributed by atoms with Gasteiger partial charge in [0.15, 0.2) is 5.16 Å². The lowest BCUT2D eigenvalue weighted by Crippen LogP contribution is -2.35. The number of anilines is 1. The zero-order chi connectivity index (χ0) is 26.8. The average molecular weight is 549 g/mol. The van der Waals surface area contributed by atoms with E-state index in [0.29, 0.717) is 28.9 Å². The third-order valence-electron chi connectivity index (χ3n) is 6.64. The van der Waals surface area contributed by atoms with Crippen LogP contribution in [0.15, 0.2) is 58.5 Å². The molecular weight excluding hydrogens is 516 g/mol. The van der Waals surface area contributed by atoms with Gasteiger partial charge in [0, 0.05) is 29.7 Å². The molecule has 0 bridgehead atoms. The number of fused-ring (bicyclic) bond motifs is 3. The number of nitrogens with zero attached hydrogens (tertiary/aromatic N) is 3. The number of carbonyl (C=O) groups excluding carboxylic acids is 1. The van der Waals surface area contributed by atoms with Crippen LogP contribution in [0, 0.1) is 6.92 Å². The van der Waals surface area contributed by atoms with E-state index in [4.69, 9.17) is 9.72 Å². The molecule has 3 heterocycles. The molecule has 0 saturated heterocycles. The summed E-state index contributed by atoms with van der Waals surface area (Å²) < 4.78 is 7.24. The number of hydrogen-bond acceptors (Lipinski definition) is 7. The molecule has 9 heteroatoms. The SMILES string of the molecule is CCOc1ccc(-n2c(SCC(=O)Nc3cccc(C)c3)nc3sc4c(c3c2=O)CCN(C(C)C)C4)cc1. The highest BCUT2D eigenvalue weighted by Gasteiger charge is 2.26. The highest BCUT2D eigenvalue weighted by Crippen LogP contribution is 2.35. The Morgan fingerprint density at radius 1 is 1.21 bits per heavy atom. The van der Waals surface area contributed by atoms with Gasteiger partial charge in [-0.15, -0.1) is 11.3 Å². The van der Waals surface area contributed by atoms with Crippen LogP contribution in [0.3, 0.4) is 0 Å². The summed E-state index contributed by atoms with van der Waals surface area (Å²) in [7, 11) is 0. The second kappa shape index (κ2) is 11.3. The number of carbonyl (C=O) groups is 1. The van der Waals surface area contributed by atoms with Gasteiger partial charge in [0.2, 0.25) is 5.91 Å². The number of amides is 1. The van der Waals surface area contributed by atoms with Gasteiger partial charge in [0.1, 0.15) is 10.6 Å². The molecule has 198 valence electrons. The zero-order valence-corrected chi connectivity index (χ0v) is 23.7. The van der Waals surface area contributed by atoms with E-state index in [9.17, 15) is 9.59 Å². The Bertz CT molecular complexity index is 1530. The summed E-state index contributed by atoms with van der Waals surface area (Å²) >= 11 is 2.87. The fourth-order valence-corrected chi connectivity index (χ4v) is 6.82. The first-order valence-electron chi connectivity index (χ1n) is 12.9. The quantitative estimate of drug-likeness (QED) is 0.227. The fraction of sp³-hybridized carbons (Fsp3) is 0.345. The van der Waals surface area contributed by atoms with Gasteiger partial charge < -0.3 is 10.1 Å².